The number of fused-ring (bicyclic) bond motifs is 1. The molecule has 30 heavy (non-hydrogen) atoms. The number of hydrogen-bond donors (Lipinski definition) is 2. The van der Waals surface area contributed by atoms with Gasteiger partial charge in [-0.25, -0.2) is 4.98 Å². The van der Waals surface area contributed by atoms with E-state index in [-0.39, 0.29) is 0 Å². The molecule has 7 heteroatoms. The van der Waals surface area contributed by atoms with Crippen LogP contribution in [-0.2, 0) is 13.0 Å². The number of ether oxygens (including phenoxy) is 2. The highest BCUT2D eigenvalue weighted by Crippen LogP contribution is 2.27. The van der Waals surface area contributed by atoms with Crippen LogP contribution in [0, 0.1) is 6.92 Å². The lowest BCUT2D eigenvalue weighted by Gasteiger charge is -2.13. The van der Waals surface area contributed by atoms with Gasteiger partial charge in [-0.1, -0.05) is 18.2 Å². The van der Waals surface area contributed by atoms with Gasteiger partial charge in [0.15, 0.2) is 17.5 Å². The van der Waals surface area contributed by atoms with E-state index < -0.39 is 0 Å². The number of imidazole rings is 1. The van der Waals surface area contributed by atoms with Crippen LogP contribution in [0.4, 0.5) is 0 Å². The lowest BCUT2D eigenvalue weighted by molar-refractivity contribution is 0.354. The van der Waals surface area contributed by atoms with Gasteiger partial charge in [0.05, 0.1) is 25.3 Å². The zero-order valence-corrected chi connectivity index (χ0v) is 18.2. The van der Waals surface area contributed by atoms with Gasteiger partial charge in [-0.15, -0.1) is 0 Å². The summed E-state index contributed by atoms with van der Waals surface area (Å²) in [5.41, 5.74) is 3.42. The number of methoxy groups -OCH3 is 2. The molecule has 0 bridgehead atoms. The van der Waals surface area contributed by atoms with E-state index in [9.17, 15) is 0 Å². The molecule has 3 aromatic rings. The van der Waals surface area contributed by atoms with E-state index in [1.807, 2.05) is 18.2 Å². The molecule has 0 amide bonds. The molecule has 0 unspecified atom stereocenters. The minimum atomic E-state index is 0.743. The summed E-state index contributed by atoms with van der Waals surface area (Å²) in [5.74, 6) is 3.35. The minimum Gasteiger partial charge on any atom is -0.493 e. The van der Waals surface area contributed by atoms with Crippen LogP contribution in [0.2, 0.25) is 0 Å². The zero-order valence-electron chi connectivity index (χ0n) is 18.2. The molecule has 2 N–H and O–H groups in total. The molecule has 7 nitrogen and oxygen atoms in total. The number of aryl methyl sites for hydroxylation is 2. The summed E-state index contributed by atoms with van der Waals surface area (Å²) in [5, 5.41) is 6.75. The lowest BCUT2D eigenvalue weighted by Crippen LogP contribution is -2.39. The maximum atomic E-state index is 5.37. The molecular weight excluding hydrogens is 378 g/mol. The molecule has 0 atom stereocenters. The summed E-state index contributed by atoms with van der Waals surface area (Å²) in [7, 11) is 5.09. The number of guanidine groups is 1. The Balaban J connectivity index is 1.43. The van der Waals surface area contributed by atoms with Crippen molar-refractivity contribution in [1.29, 1.82) is 0 Å². The summed E-state index contributed by atoms with van der Waals surface area (Å²) in [4.78, 5) is 8.94. The van der Waals surface area contributed by atoms with Crippen LogP contribution in [-0.4, -0.2) is 49.9 Å². The van der Waals surface area contributed by atoms with Gasteiger partial charge in [0.1, 0.15) is 5.82 Å². The van der Waals surface area contributed by atoms with Gasteiger partial charge in [-0.2, -0.15) is 0 Å². The van der Waals surface area contributed by atoms with E-state index in [2.05, 4.69) is 56.4 Å². The summed E-state index contributed by atoms with van der Waals surface area (Å²) in [6.07, 6.45) is 1.85. The van der Waals surface area contributed by atoms with E-state index in [1.165, 1.54) is 11.1 Å². The minimum absolute atomic E-state index is 0.743. The third-order valence-electron chi connectivity index (χ3n) is 5.07. The molecule has 160 valence electrons. The fraction of sp³-hybridized carbons (Fsp3) is 0.391. The van der Waals surface area contributed by atoms with E-state index in [0.717, 1.165) is 61.3 Å². The van der Waals surface area contributed by atoms with E-state index in [1.54, 1.807) is 21.3 Å². The first-order chi connectivity index (χ1) is 14.7. The molecule has 0 saturated heterocycles. The van der Waals surface area contributed by atoms with E-state index in [0.29, 0.717) is 0 Å². The standard InChI is InChI=1S/C23H31N5O2/c1-17-27-19-8-5-6-9-20(19)28(17)15-7-13-25-23(24-2)26-14-12-18-10-11-21(29-3)22(16-18)30-4/h5-6,8-11,16H,7,12-15H2,1-4H3,(H2,24,25,26). The Bertz CT molecular complexity index is 996. The normalized spacial score (nSPS) is 11.5. The van der Waals surface area contributed by atoms with Gasteiger partial charge in [0.25, 0.3) is 0 Å². The summed E-state index contributed by atoms with van der Waals surface area (Å²) >= 11 is 0. The first-order valence-corrected chi connectivity index (χ1v) is 10.2. The van der Waals surface area contributed by atoms with Crippen LogP contribution in [0.5, 0.6) is 11.5 Å². The second-order valence-corrected chi connectivity index (χ2v) is 7.02. The van der Waals surface area contributed by atoms with Crippen molar-refractivity contribution >= 4 is 17.0 Å². The van der Waals surface area contributed by atoms with E-state index in [4.69, 9.17) is 9.47 Å². The molecule has 1 heterocycles. The van der Waals surface area contributed by atoms with Gasteiger partial charge in [0, 0.05) is 26.7 Å². The average Bonchev–Trinajstić information content (AvgIpc) is 3.10. The number of hydrogen-bond acceptors (Lipinski definition) is 4. The number of nitrogens with zero attached hydrogens (tertiary/aromatic N) is 3. The Morgan fingerprint density at radius 1 is 1.03 bits per heavy atom. The van der Waals surface area contributed by atoms with Gasteiger partial charge in [-0.3, -0.25) is 4.99 Å². The molecule has 2 aromatic carbocycles. The topological polar surface area (TPSA) is 72.7 Å². The molecule has 0 spiro atoms. The fourth-order valence-electron chi connectivity index (χ4n) is 3.50. The third kappa shape index (κ3) is 5.23. The molecule has 0 aliphatic heterocycles. The Morgan fingerprint density at radius 3 is 2.57 bits per heavy atom. The Kier molecular flexibility index (Phi) is 7.54. The highest BCUT2D eigenvalue weighted by atomic mass is 16.5. The van der Waals surface area contributed by atoms with Crippen LogP contribution >= 0.6 is 0 Å². The van der Waals surface area contributed by atoms with Crippen molar-refractivity contribution < 1.29 is 9.47 Å². The largest absolute Gasteiger partial charge is 0.493 e. The van der Waals surface area contributed by atoms with Crippen molar-refractivity contribution in [3.63, 3.8) is 0 Å². The lowest BCUT2D eigenvalue weighted by atomic mass is 10.1. The summed E-state index contributed by atoms with van der Waals surface area (Å²) in [6, 6.07) is 14.3. The predicted octanol–water partition coefficient (Wildman–Crippen LogP) is 3.16. The zero-order chi connectivity index (χ0) is 21.3. The van der Waals surface area contributed by atoms with Gasteiger partial charge in [0.2, 0.25) is 0 Å². The molecule has 0 aliphatic rings. The van der Waals surface area contributed by atoms with Crippen molar-refractivity contribution in [3.8, 4) is 11.5 Å². The van der Waals surface area contributed by atoms with Crippen molar-refractivity contribution in [3.05, 3.63) is 53.9 Å². The van der Waals surface area contributed by atoms with Crippen LogP contribution in [0.3, 0.4) is 0 Å². The van der Waals surface area contributed by atoms with Gasteiger partial charge >= 0.3 is 0 Å². The SMILES string of the molecule is CN=C(NCCCn1c(C)nc2ccccc21)NCCc1ccc(OC)c(OC)c1. The monoisotopic (exact) mass is 409 g/mol. The Hall–Kier alpha value is -3.22. The van der Waals surface area contributed by atoms with Gasteiger partial charge < -0.3 is 24.7 Å². The fourth-order valence-corrected chi connectivity index (χ4v) is 3.50. The molecule has 0 fully saturated rings. The maximum Gasteiger partial charge on any atom is 0.190 e. The molecule has 0 saturated carbocycles. The predicted molar refractivity (Wildman–Crippen MR) is 122 cm³/mol. The van der Waals surface area contributed by atoms with E-state index >= 15 is 0 Å². The number of para-hydroxylation sites is 2. The number of benzene rings is 2. The number of rotatable bonds is 9. The second kappa shape index (κ2) is 10.5. The van der Waals surface area contributed by atoms with Crippen molar-refractivity contribution in [1.82, 2.24) is 20.2 Å². The highest BCUT2D eigenvalue weighted by molar-refractivity contribution is 5.79. The number of nitrogens with one attached hydrogen (secondary N) is 2. The maximum absolute atomic E-state index is 5.37. The van der Waals surface area contributed by atoms with Crippen molar-refractivity contribution in [2.45, 2.75) is 26.3 Å². The van der Waals surface area contributed by atoms with Crippen molar-refractivity contribution in [2.24, 2.45) is 4.99 Å². The molecule has 0 aliphatic carbocycles. The van der Waals surface area contributed by atoms with Crippen LogP contribution in [0.1, 0.15) is 17.8 Å². The molecular formula is C23H31N5O2. The van der Waals surface area contributed by atoms with Crippen LogP contribution in [0.25, 0.3) is 11.0 Å². The van der Waals surface area contributed by atoms with Crippen LogP contribution in [0.15, 0.2) is 47.5 Å². The Morgan fingerprint density at radius 2 is 1.80 bits per heavy atom. The summed E-state index contributed by atoms with van der Waals surface area (Å²) in [6.45, 7) is 4.59. The number of aliphatic imine (C=N–C) groups is 1. The van der Waals surface area contributed by atoms with Gasteiger partial charge in [-0.05, 0) is 49.6 Å². The molecule has 0 radical (unpaired) electrons. The highest BCUT2D eigenvalue weighted by Gasteiger charge is 2.07. The second-order valence-electron chi connectivity index (χ2n) is 7.02. The third-order valence-corrected chi connectivity index (χ3v) is 5.07. The van der Waals surface area contributed by atoms with Crippen LogP contribution < -0.4 is 20.1 Å². The first-order valence-electron chi connectivity index (χ1n) is 10.2. The first kappa shape index (κ1) is 21.5. The van der Waals surface area contributed by atoms with Crippen molar-refractivity contribution in [2.75, 3.05) is 34.4 Å². The smallest absolute Gasteiger partial charge is 0.190 e. The molecule has 3 rings (SSSR count). The Labute approximate surface area is 178 Å². The summed E-state index contributed by atoms with van der Waals surface area (Å²) < 4.78 is 12.9. The number of aromatic nitrogens is 2. The quantitative estimate of drug-likeness (QED) is 0.323. The average molecular weight is 410 g/mol. The molecule has 1 aromatic heterocycles.